The molecule has 2 unspecified atom stereocenters. The first kappa shape index (κ1) is 17.8. The van der Waals surface area contributed by atoms with E-state index in [9.17, 15) is 10.2 Å². The van der Waals surface area contributed by atoms with E-state index >= 15 is 0 Å². The van der Waals surface area contributed by atoms with Gasteiger partial charge in [0.25, 0.3) is 0 Å². The van der Waals surface area contributed by atoms with Crippen molar-refractivity contribution < 1.29 is 19.7 Å². The monoisotopic (exact) mass is 360 g/mol. The molecule has 2 aliphatic rings. The van der Waals surface area contributed by atoms with E-state index in [0.717, 1.165) is 55.5 Å². The summed E-state index contributed by atoms with van der Waals surface area (Å²) in [4.78, 5) is 3.15. The van der Waals surface area contributed by atoms with E-state index in [1.165, 1.54) is 0 Å². The topological polar surface area (TPSA) is 86.7 Å². The second kappa shape index (κ2) is 7.56. The molecule has 2 heterocycles. The average Bonchev–Trinajstić information content (AvgIpc) is 3.10. The van der Waals surface area contributed by atoms with Crippen molar-refractivity contribution in [3.8, 4) is 5.75 Å². The van der Waals surface area contributed by atoms with Crippen LogP contribution in [0.1, 0.15) is 25.7 Å². The summed E-state index contributed by atoms with van der Waals surface area (Å²) < 4.78 is 11.7. The Bertz CT molecular complexity index is 715. The zero-order valence-corrected chi connectivity index (χ0v) is 15.0. The molecule has 0 bridgehead atoms. The van der Waals surface area contributed by atoms with Crippen molar-refractivity contribution in [3.05, 3.63) is 30.5 Å². The summed E-state index contributed by atoms with van der Waals surface area (Å²) in [5.74, 6) is 0.784. The number of aromatic nitrogens is 1. The highest BCUT2D eigenvalue weighted by Gasteiger charge is 2.46. The molecule has 2 aromatic rings. The van der Waals surface area contributed by atoms with Gasteiger partial charge in [0.1, 0.15) is 18.5 Å². The molecule has 1 aliphatic carbocycles. The van der Waals surface area contributed by atoms with Gasteiger partial charge in [-0.1, -0.05) is 6.07 Å². The summed E-state index contributed by atoms with van der Waals surface area (Å²) in [5, 5.41) is 24.0. The summed E-state index contributed by atoms with van der Waals surface area (Å²) in [7, 11) is 0. The Balaban J connectivity index is 1.15. The molecule has 26 heavy (non-hydrogen) atoms. The first-order valence-corrected chi connectivity index (χ1v) is 9.51. The minimum absolute atomic E-state index is 0.125. The summed E-state index contributed by atoms with van der Waals surface area (Å²) in [6, 6.07) is 7.83. The van der Waals surface area contributed by atoms with E-state index in [-0.39, 0.29) is 24.2 Å². The fraction of sp³-hybridized carbons (Fsp3) is 0.600. The van der Waals surface area contributed by atoms with Crippen LogP contribution in [0.4, 0.5) is 0 Å². The van der Waals surface area contributed by atoms with E-state index in [2.05, 4.69) is 10.3 Å². The SMILES string of the molecule is OC(CNCC1CCC2(CO1)CC(O)C2)COc1cccc2[nH]ccc12. The molecular weight excluding hydrogens is 332 g/mol. The summed E-state index contributed by atoms with van der Waals surface area (Å²) in [5.41, 5.74) is 1.27. The van der Waals surface area contributed by atoms with Crippen LogP contribution in [0.2, 0.25) is 0 Å². The van der Waals surface area contributed by atoms with Crippen molar-refractivity contribution in [1.29, 1.82) is 0 Å². The number of H-pyrrole nitrogens is 1. The van der Waals surface area contributed by atoms with Gasteiger partial charge in [-0.3, -0.25) is 0 Å². The molecule has 142 valence electrons. The number of fused-ring (bicyclic) bond motifs is 1. The van der Waals surface area contributed by atoms with E-state index in [1.54, 1.807) is 0 Å². The molecule has 1 saturated carbocycles. The van der Waals surface area contributed by atoms with Crippen molar-refractivity contribution in [3.63, 3.8) is 0 Å². The number of ether oxygens (including phenoxy) is 2. The Morgan fingerprint density at radius 3 is 3.00 bits per heavy atom. The van der Waals surface area contributed by atoms with Crippen LogP contribution in [0.3, 0.4) is 0 Å². The van der Waals surface area contributed by atoms with Gasteiger partial charge in [-0.05, 0) is 49.3 Å². The van der Waals surface area contributed by atoms with Crippen LogP contribution in [0.5, 0.6) is 5.75 Å². The van der Waals surface area contributed by atoms with Gasteiger partial charge in [-0.15, -0.1) is 0 Å². The van der Waals surface area contributed by atoms with Crippen molar-refractivity contribution >= 4 is 10.9 Å². The number of benzene rings is 1. The van der Waals surface area contributed by atoms with Gasteiger partial charge in [0.05, 0.1) is 18.8 Å². The number of aliphatic hydroxyl groups excluding tert-OH is 2. The summed E-state index contributed by atoms with van der Waals surface area (Å²) in [6.07, 6.45) is 5.30. The Kier molecular flexibility index (Phi) is 5.18. The Hall–Kier alpha value is -1.60. The molecule has 6 nitrogen and oxygen atoms in total. The molecule has 1 spiro atoms. The maximum absolute atomic E-state index is 10.2. The number of rotatable bonds is 7. The van der Waals surface area contributed by atoms with Crippen LogP contribution in [-0.4, -0.2) is 59.8 Å². The highest BCUT2D eigenvalue weighted by molar-refractivity contribution is 5.85. The van der Waals surface area contributed by atoms with Gasteiger partial charge in [0, 0.05) is 30.2 Å². The van der Waals surface area contributed by atoms with Gasteiger partial charge in [-0.2, -0.15) is 0 Å². The maximum atomic E-state index is 10.2. The number of hydrogen-bond acceptors (Lipinski definition) is 5. The van der Waals surface area contributed by atoms with E-state index < -0.39 is 6.10 Å². The second-order valence-electron chi connectivity index (χ2n) is 7.85. The maximum Gasteiger partial charge on any atom is 0.128 e. The molecule has 6 heteroatoms. The molecule has 1 aromatic carbocycles. The molecule has 2 atom stereocenters. The third kappa shape index (κ3) is 3.88. The summed E-state index contributed by atoms with van der Waals surface area (Å²) >= 11 is 0. The first-order valence-electron chi connectivity index (χ1n) is 9.51. The van der Waals surface area contributed by atoms with Gasteiger partial charge >= 0.3 is 0 Å². The molecule has 4 rings (SSSR count). The van der Waals surface area contributed by atoms with Crippen molar-refractivity contribution in [1.82, 2.24) is 10.3 Å². The van der Waals surface area contributed by atoms with E-state index in [4.69, 9.17) is 9.47 Å². The lowest BCUT2D eigenvalue weighted by molar-refractivity contribution is -0.139. The van der Waals surface area contributed by atoms with Crippen LogP contribution in [0.25, 0.3) is 10.9 Å². The van der Waals surface area contributed by atoms with Crippen LogP contribution >= 0.6 is 0 Å². The van der Waals surface area contributed by atoms with Crippen LogP contribution in [0.15, 0.2) is 30.5 Å². The third-order valence-electron chi connectivity index (χ3n) is 5.70. The Morgan fingerprint density at radius 1 is 1.35 bits per heavy atom. The van der Waals surface area contributed by atoms with Crippen molar-refractivity contribution in [2.45, 2.75) is 44.0 Å². The number of nitrogens with one attached hydrogen (secondary N) is 2. The van der Waals surface area contributed by atoms with Crippen LogP contribution in [0, 0.1) is 5.41 Å². The predicted molar refractivity (Wildman–Crippen MR) is 99.3 cm³/mol. The fourth-order valence-electron chi connectivity index (χ4n) is 4.18. The second-order valence-corrected chi connectivity index (χ2v) is 7.85. The largest absolute Gasteiger partial charge is 0.490 e. The normalized spacial score (nSPS) is 29.6. The van der Waals surface area contributed by atoms with Crippen LogP contribution < -0.4 is 10.1 Å². The highest BCUT2D eigenvalue weighted by Crippen LogP contribution is 2.47. The number of aliphatic hydroxyl groups is 2. The van der Waals surface area contributed by atoms with Gasteiger partial charge in [-0.25, -0.2) is 0 Å². The van der Waals surface area contributed by atoms with E-state index in [0.29, 0.717) is 6.54 Å². The molecule has 1 saturated heterocycles. The van der Waals surface area contributed by atoms with Gasteiger partial charge in [0.15, 0.2) is 0 Å². The zero-order valence-electron chi connectivity index (χ0n) is 15.0. The van der Waals surface area contributed by atoms with Crippen molar-refractivity contribution in [2.24, 2.45) is 5.41 Å². The lowest BCUT2D eigenvalue weighted by atomic mass is 9.63. The third-order valence-corrected chi connectivity index (χ3v) is 5.70. The Labute approximate surface area is 153 Å². The molecule has 1 aliphatic heterocycles. The number of aromatic amines is 1. The van der Waals surface area contributed by atoms with E-state index in [1.807, 2.05) is 30.5 Å². The molecule has 1 aromatic heterocycles. The molecule has 0 amide bonds. The zero-order chi connectivity index (χ0) is 18.0. The fourth-order valence-corrected chi connectivity index (χ4v) is 4.18. The smallest absolute Gasteiger partial charge is 0.128 e. The highest BCUT2D eigenvalue weighted by atomic mass is 16.5. The van der Waals surface area contributed by atoms with Crippen molar-refractivity contribution in [2.75, 3.05) is 26.3 Å². The minimum Gasteiger partial charge on any atom is -0.490 e. The van der Waals surface area contributed by atoms with Crippen LogP contribution in [-0.2, 0) is 4.74 Å². The first-order chi connectivity index (χ1) is 12.6. The minimum atomic E-state index is -0.569. The lowest BCUT2D eigenvalue weighted by Gasteiger charge is -2.49. The van der Waals surface area contributed by atoms with Gasteiger partial charge < -0.3 is 30.0 Å². The Morgan fingerprint density at radius 2 is 2.23 bits per heavy atom. The quantitative estimate of drug-likeness (QED) is 0.605. The number of hydrogen-bond donors (Lipinski definition) is 4. The molecule has 2 fully saturated rings. The summed E-state index contributed by atoms with van der Waals surface area (Å²) in [6.45, 7) is 2.22. The predicted octanol–water partition coefficient (Wildman–Crippen LogP) is 1.82. The molecule has 0 radical (unpaired) electrons. The molecule has 4 N–H and O–H groups in total. The van der Waals surface area contributed by atoms with Gasteiger partial charge in [0.2, 0.25) is 0 Å². The lowest BCUT2D eigenvalue weighted by Crippen LogP contribution is -2.50. The standard InChI is InChI=1S/C20H28N2O4/c23-14-8-20(9-14)6-4-16(26-13-20)11-21-10-15(24)12-25-19-3-1-2-18-17(19)5-7-22-18/h1-3,5,7,14-16,21-24H,4,6,8-13H2. The molecular formula is C20H28N2O4. The average molecular weight is 360 g/mol.